The molecule has 1 N–H and O–H groups in total. The van der Waals surface area contributed by atoms with Crippen molar-refractivity contribution in [3.05, 3.63) is 75.8 Å². The first kappa shape index (κ1) is 20.8. The van der Waals surface area contributed by atoms with Crippen LogP contribution in [0.2, 0.25) is 5.02 Å². The fraction of sp³-hybridized carbons (Fsp3) is 0.217. The summed E-state index contributed by atoms with van der Waals surface area (Å²) in [4.78, 5) is 29.5. The maximum absolute atomic E-state index is 13.0. The molecular weight excluding hydrogens is 416 g/mol. The van der Waals surface area contributed by atoms with Gasteiger partial charge in [-0.2, -0.15) is 0 Å². The Labute approximate surface area is 183 Å². The molecule has 0 aliphatic carbocycles. The van der Waals surface area contributed by atoms with Gasteiger partial charge in [-0.3, -0.25) is 14.2 Å². The summed E-state index contributed by atoms with van der Waals surface area (Å²) in [5, 5.41) is 7.53. The van der Waals surface area contributed by atoms with E-state index in [9.17, 15) is 9.59 Å². The van der Waals surface area contributed by atoms with Crippen molar-refractivity contribution >= 4 is 34.3 Å². The molecule has 0 saturated heterocycles. The number of nitrogens with one attached hydrogen (secondary N) is 1. The number of hydrogen-bond donors (Lipinski definition) is 1. The van der Waals surface area contributed by atoms with Crippen molar-refractivity contribution in [1.82, 2.24) is 14.7 Å². The standard InChI is InChI=1S/C23H21ClN4O3/c1-14(2)15-7-9-16(10-8-15)26-19(29)11-12-28-13-25-22-20(23(28)30)21(27-31-22)17-5-3-4-6-18(17)24/h3-10,13-14H,11-12H2,1-2H3,(H,26,29). The molecule has 0 fully saturated rings. The molecule has 0 atom stereocenters. The Hall–Kier alpha value is -3.45. The lowest BCUT2D eigenvalue weighted by molar-refractivity contribution is -0.116. The number of carbonyl (C=O) groups excluding carboxylic acids is 1. The van der Waals surface area contributed by atoms with E-state index in [0.717, 1.165) is 5.69 Å². The minimum Gasteiger partial charge on any atom is -0.335 e. The molecule has 2 heterocycles. The lowest BCUT2D eigenvalue weighted by atomic mass is 10.0. The first-order chi connectivity index (χ1) is 14.9. The Kier molecular flexibility index (Phi) is 5.86. The minimum atomic E-state index is -0.338. The van der Waals surface area contributed by atoms with Gasteiger partial charge < -0.3 is 9.84 Å². The number of fused-ring (bicyclic) bond motifs is 1. The fourth-order valence-electron chi connectivity index (χ4n) is 3.27. The molecule has 8 heteroatoms. The van der Waals surface area contributed by atoms with Gasteiger partial charge in [0.15, 0.2) is 0 Å². The molecule has 2 aromatic heterocycles. The van der Waals surface area contributed by atoms with Crippen LogP contribution in [0.4, 0.5) is 5.69 Å². The molecule has 1 amide bonds. The topological polar surface area (TPSA) is 90.0 Å². The zero-order chi connectivity index (χ0) is 22.0. The zero-order valence-corrected chi connectivity index (χ0v) is 17.9. The van der Waals surface area contributed by atoms with Crippen molar-refractivity contribution < 1.29 is 9.32 Å². The molecule has 0 aliphatic rings. The normalized spacial score (nSPS) is 11.2. The zero-order valence-electron chi connectivity index (χ0n) is 17.1. The average Bonchev–Trinajstić information content (AvgIpc) is 3.19. The van der Waals surface area contributed by atoms with Crippen LogP contribution in [0.5, 0.6) is 0 Å². The molecule has 31 heavy (non-hydrogen) atoms. The second-order valence-electron chi connectivity index (χ2n) is 7.51. The molecule has 0 radical (unpaired) electrons. The van der Waals surface area contributed by atoms with Gasteiger partial charge in [0.1, 0.15) is 17.4 Å². The Morgan fingerprint density at radius 1 is 1.16 bits per heavy atom. The van der Waals surface area contributed by atoms with E-state index in [1.807, 2.05) is 24.3 Å². The van der Waals surface area contributed by atoms with Crippen LogP contribution in [0.1, 0.15) is 31.7 Å². The van der Waals surface area contributed by atoms with Gasteiger partial charge >= 0.3 is 0 Å². The minimum absolute atomic E-state index is 0.117. The van der Waals surface area contributed by atoms with E-state index in [-0.39, 0.29) is 35.5 Å². The number of nitrogens with zero attached hydrogens (tertiary/aromatic N) is 3. The molecule has 0 unspecified atom stereocenters. The van der Waals surface area contributed by atoms with Crippen LogP contribution in [0.15, 0.2) is 64.2 Å². The molecular formula is C23H21ClN4O3. The summed E-state index contributed by atoms with van der Waals surface area (Å²) in [5.74, 6) is 0.230. The Morgan fingerprint density at radius 3 is 2.61 bits per heavy atom. The Morgan fingerprint density at radius 2 is 1.90 bits per heavy atom. The average molecular weight is 437 g/mol. The second-order valence-corrected chi connectivity index (χ2v) is 7.92. The third kappa shape index (κ3) is 4.36. The number of amides is 1. The SMILES string of the molecule is CC(C)c1ccc(NC(=O)CCn2cnc3onc(-c4ccccc4Cl)c3c2=O)cc1. The fourth-order valence-corrected chi connectivity index (χ4v) is 3.50. The summed E-state index contributed by atoms with van der Waals surface area (Å²) < 4.78 is 6.59. The molecule has 0 saturated carbocycles. The molecule has 0 bridgehead atoms. The highest BCUT2D eigenvalue weighted by atomic mass is 35.5. The molecule has 0 aliphatic heterocycles. The van der Waals surface area contributed by atoms with E-state index >= 15 is 0 Å². The van der Waals surface area contributed by atoms with Crippen LogP contribution in [-0.2, 0) is 11.3 Å². The van der Waals surface area contributed by atoms with E-state index in [0.29, 0.717) is 22.2 Å². The van der Waals surface area contributed by atoms with Gasteiger partial charge in [0.2, 0.25) is 5.91 Å². The Balaban J connectivity index is 1.52. The number of rotatable bonds is 6. The highest BCUT2D eigenvalue weighted by Crippen LogP contribution is 2.30. The van der Waals surface area contributed by atoms with E-state index in [4.69, 9.17) is 16.1 Å². The summed E-state index contributed by atoms with van der Waals surface area (Å²) in [7, 11) is 0. The predicted octanol–water partition coefficient (Wildman–Crippen LogP) is 4.86. The Bertz CT molecular complexity index is 1290. The molecule has 2 aromatic carbocycles. The van der Waals surface area contributed by atoms with Gasteiger partial charge in [-0.05, 0) is 29.7 Å². The number of aryl methyl sites for hydroxylation is 1. The van der Waals surface area contributed by atoms with Crippen molar-refractivity contribution in [2.24, 2.45) is 0 Å². The van der Waals surface area contributed by atoms with E-state index < -0.39 is 0 Å². The van der Waals surface area contributed by atoms with Crippen molar-refractivity contribution in [2.75, 3.05) is 5.32 Å². The molecule has 4 aromatic rings. The van der Waals surface area contributed by atoms with Crippen molar-refractivity contribution in [3.63, 3.8) is 0 Å². The number of carbonyl (C=O) groups is 1. The highest BCUT2D eigenvalue weighted by molar-refractivity contribution is 6.33. The number of hydrogen-bond acceptors (Lipinski definition) is 5. The van der Waals surface area contributed by atoms with Gasteiger partial charge in [-0.15, -0.1) is 0 Å². The van der Waals surface area contributed by atoms with Gasteiger partial charge in [0.05, 0.1) is 5.02 Å². The lowest BCUT2D eigenvalue weighted by Gasteiger charge is -2.09. The van der Waals surface area contributed by atoms with E-state index in [2.05, 4.69) is 29.3 Å². The first-order valence-corrected chi connectivity index (χ1v) is 10.3. The van der Waals surface area contributed by atoms with Crippen LogP contribution >= 0.6 is 11.6 Å². The number of aromatic nitrogens is 3. The maximum Gasteiger partial charge on any atom is 0.266 e. The monoisotopic (exact) mass is 436 g/mol. The highest BCUT2D eigenvalue weighted by Gasteiger charge is 2.19. The summed E-state index contributed by atoms with van der Waals surface area (Å²) in [6, 6.07) is 14.8. The smallest absolute Gasteiger partial charge is 0.266 e. The summed E-state index contributed by atoms with van der Waals surface area (Å²) in [6.07, 6.45) is 1.47. The van der Waals surface area contributed by atoms with Crippen LogP contribution in [0, 0.1) is 0 Å². The van der Waals surface area contributed by atoms with E-state index in [1.54, 1.807) is 24.3 Å². The van der Waals surface area contributed by atoms with Crippen molar-refractivity contribution in [3.8, 4) is 11.3 Å². The van der Waals surface area contributed by atoms with Gasteiger partial charge in [-0.25, -0.2) is 4.98 Å². The summed E-state index contributed by atoms with van der Waals surface area (Å²) in [6.45, 7) is 4.40. The number of halogens is 1. The predicted molar refractivity (Wildman–Crippen MR) is 120 cm³/mol. The van der Waals surface area contributed by atoms with Crippen molar-refractivity contribution in [2.45, 2.75) is 32.7 Å². The first-order valence-electron chi connectivity index (χ1n) is 9.93. The third-order valence-electron chi connectivity index (χ3n) is 5.03. The van der Waals surface area contributed by atoms with Crippen LogP contribution in [0.3, 0.4) is 0 Å². The lowest BCUT2D eigenvalue weighted by Crippen LogP contribution is -2.23. The van der Waals surface area contributed by atoms with Gasteiger partial charge in [0, 0.05) is 24.2 Å². The largest absolute Gasteiger partial charge is 0.335 e. The molecule has 7 nitrogen and oxygen atoms in total. The van der Waals surface area contributed by atoms with E-state index in [1.165, 1.54) is 16.5 Å². The quantitative estimate of drug-likeness (QED) is 0.466. The van der Waals surface area contributed by atoms with Crippen molar-refractivity contribution in [1.29, 1.82) is 0 Å². The number of benzene rings is 2. The second kappa shape index (κ2) is 8.73. The summed E-state index contributed by atoms with van der Waals surface area (Å²) >= 11 is 6.25. The number of anilines is 1. The maximum atomic E-state index is 13.0. The molecule has 4 rings (SSSR count). The summed E-state index contributed by atoms with van der Waals surface area (Å²) in [5.41, 5.74) is 2.63. The van der Waals surface area contributed by atoms with Crippen LogP contribution in [-0.4, -0.2) is 20.6 Å². The van der Waals surface area contributed by atoms with Crippen LogP contribution in [0.25, 0.3) is 22.4 Å². The van der Waals surface area contributed by atoms with Crippen LogP contribution < -0.4 is 10.9 Å². The molecule has 0 spiro atoms. The third-order valence-corrected chi connectivity index (χ3v) is 5.36. The molecule has 158 valence electrons. The van der Waals surface area contributed by atoms with Gasteiger partial charge in [-0.1, -0.05) is 60.9 Å². The van der Waals surface area contributed by atoms with Gasteiger partial charge in [0.25, 0.3) is 11.3 Å².